The molecule has 0 saturated heterocycles. The fourth-order valence-electron chi connectivity index (χ4n) is 1.53. The van der Waals surface area contributed by atoms with E-state index in [1.807, 2.05) is 0 Å². The summed E-state index contributed by atoms with van der Waals surface area (Å²) in [4.78, 5) is 0. The average molecular weight is 258 g/mol. The number of methoxy groups -OCH3 is 1. The Bertz CT molecular complexity index is 383. The number of benzene rings is 1. The molecule has 3 nitrogen and oxygen atoms in total. The molecule has 0 radical (unpaired) electrons. The molecule has 1 aromatic rings. The second-order valence-corrected chi connectivity index (χ2v) is 4.36. The average Bonchev–Trinajstić information content (AvgIpc) is 2.32. The normalized spacial score (nSPS) is 11.0. The summed E-state index contributed by atoms with van der Waals surface area (Å²) >= 11 is 0. The molecule has 0 bridgehead atoms. The van der Waals surface area contributed by atoms with Crippen molar-refractivity contribution < 1.29 is 13.5 Å². The number of ether oxygens (including phenoxy) is 1. The van der Waals surface area contributed by atoms with Crippen LogP contribution in [0.5, 0.6) is 5.75 Å². The van der Waals surface area contributed by atoms with E-state index in [0.29, 0.717) is 24.7 Å². The Labute approximate surface area is 107 Å². The predicted molar refractivity (Wildman–Crippen MR) is 67.8 cm³/mol. The Morgan fingerprint density at radius 2 is 1.89 bits per heavy atom. The van der Waals surface area contributed by atoms with E-state index in [4.69, 9.17) is 4.74 Å². The molecular weight excluding hydrogens is 238 g/mol. The molecule has 0 saturated carbocycles. The highest BCUT2D eigenvalue weighted by Crippen LogP contribution is 2.20. The third kappa shape index (κ3) is 4.58. The SMILES string of the molecule is COc1cc(F)c(CNCCNC(C)C)cc1F. The maximum atomic E-state index is 13.6. The predicted octanol–water partition coefficient (Wildman–Crippen LogP) is 2.06. The van der Waals surface area contributed by atoms with Gasteiger partial charge in [-0.1, -0.05) is 13.8 Å². The smallest absolute Gasteiger partial charge is 0.165 e. The summed E-state index contributed by atoms with van der Waals surface area (Å²) in [5.41, 5.74) is 0.304. The molecule has 18 heavy (non-hydrogen) atoms. The van der Waals surface area contributed by atoms with Gasteiger partial charge in [0.25, 0.3) is 0 Å². The minimum atomic E-state index is -0.545. The third-order valence-electron chi connectivity index (χ3n) is 2.49. The Balaban J connectivity index is 2.45. The maximum Gasteiger partial charge on any atom is 0.165 e. The van der Waals surface area contributed by atoms with Gasteiger partial charge in [0.1, 0.15) is 5.82 Å². The van der Waals surface area contributed by atoms with E-state index in [-0.39, 0.29) is 5.75 Å². The van der Waals surface area contributed by atoms with Crippen LogP contribution >= 0.6 is 0 Å². The lowest BCUT2D eigenvalue weighted by Crippen LogP contribution is -2.31. The molecule has 0 spiro atoms. The second kappa shape index (κ2) is 7.28. The minimum absolute atomic E-state index is 0.0716. The number of halogens is 2. The summed E-state index contributed by atoms with van der Waals surface area (Å²) < 4.78 is 31.6. The van der Waals surface area contributed by atoms with Crippen LogP contribution in [0.1, 0.15) is 19.4 Å². The quantitative estimate of drug-likeness (QED) is 0.734. The van der Waals surface area contributed by atoms with Gasteiger partial charge >= 0.3 is 0 Å². The van der Waals surface area contributed by atoms with Gasteiger partial charge in [-0.15, -0.1) is 0 Å². The van der Waals surface area contributed by atoms with Gasteiger partial charge in [0, 0.05) is 37.3 Å². The van der Waals surface area contributed by atoms with Crippen molar-refractivity contribution in [2.45, 2.75) is 26.4 Å². The summed E-state index contributed by atoms with van der Waals surface area (Å²) in [5, 5.41) is 6.28. The molecule has 2 N–H and O–H groups in total. The number of rotatable bonds is 7. The highest BCUT2D eigenvalue weighted by Gasteiger charge is 2.09. The lowest BCUT2D eigenvalue weighted by Gasteiger charge is -2.10. The minimum Gasteiger partial charge on any atom is -0.494 e. The van der Waals surface area contributed by atoms with Gasteiger partial charge in [0.15, 0.2) is 11.6 Å². The first-order valence-corrected chi connectivity index (χ1v) is 6.00. The van der Waals surface area contributed by atoms with E-state index in [0.717, 1.165) is 18.7 Å². The molecule has 0 aliphatic rings. The zero-order valence-electron chi connectivity index (χ0n) is 11.0. The number of nitrogens with one attached hydrogen (secondary N) is 2. The van der Waals surface area contributed by atoms with Crippen molar-refractivity contribution >= 4 is 0 Å². The van der Waals surface area contributed by atoms with Crippen LogP contribution in [0.3, 0.4) is 0 Å². The highest BCUT2D eigenvalue weighted by molar-refractivity contribution is 5.30. The summed E-state index contributed by atoms with van der Waals surface area (Å²) in [7, 11) is 1.31. The van der Waals surface area contributed by atoms with Crippen molar-refractivity contribution in [2.75, 3.05) is 20.2 Å². The van der Waals surface area contributed by atoms with Crippen molar-refractivity contribution in [2.24, 2.45) is 0 Å². The van der Waals surface area contributed by atoms with Crippen LogP contribution < -0.4 is 15.4 Å². The zero-order chi connectivity index (χ0) is 13.5. The summed E-state index contributed by atoms with van der Waals surface area (Å²) in [6, 6.07) is 2.65. The van der Waals surface area contributed by atoms with Crippen molar-refractivity contribution in [3.63, 3.8) is 0 Å². The molecule has 5 heteroatoms. The van der Waals surface area contributed by atoms with E-state index in [9.17, 15) is 8.78 Å². The van der Waals surface area contributed by atoms with Gasteiger partial charge in [-0.05, 0) is 6.07 Å². The van der Waals surface area contributed by atoms with Gasteiger partial charge in [0.2, 0.25) is 0 Å². The Hall–Kier alpha value is -1.20. The van der Waals surface area contributed by atoms with Crippen LogP contribution in [-0.4, -0.2) is 26.2 Å². The van der Waals surface area contributed by atoms with Crippen LogP contribution in [0.25, 0.3) is 0 Å². The Morgan fingerprint density at radius 1 is 1.17 bits per heavy atom. The lowest BCUT2D eigenvalue weighted by molar-refractivity contribution is 0.381. The van der Waals surface area contributed by atoms with Crippen LogP contribution in [0, 0.1) is 11.6 Å². The van der Waals surface area contributed by atoms with Gasteiger partial charge in [-0.25, -0.2) is 8.78 Å². The molecule has 1 aromatic carbocycles. The first-order valence-electron chi connectivity index (χ1n) is 6.00. The van der Waals surface area contributed by atoms with Crippen molar-refractivity contribution in [3.05, 3.63) is 29.3 Å². The standard InChI is InChI=1S/C13H20F2N2O/c1-9(2)17-5-4-16-8-10-6-12(15)13(18-3)7-11(10)14/h6-7,9,16-17H,4-5,8H2,1-3H3. The van der Waals surface area contributed by atoms with Gasteiger partial charge in [0.05, 0.1) is 7.11 Å². The first kappa shape index (κ1) is 14.9. The van der Waals surface area contributed by atoms with Crippen LogP contribution in [0.2, 0.25) is 0 Å². The maximum absolute atomic E-state index is 13.6. The summed E-state index contributed by atoms with van der Waals surface area (Å²) in [5.74, 6) is -1.08. The van der Waals surface area contributed by atoms with Crippen LogP contribution in [0.4, 0.5) is 8.78 Å². The largest absolute Gasteiger partial charge is 0.494 e. The fraction of sp³-hybridized carbons (Fsp3) is 0.538. The molecule has 0 aromatic heterocycles. The topological polar surface area (TPSA) is 33.3 Å². The molecule has 0 aliphatic carbocycles. The zero-order valence-corrected chi connectivity index (χ0v) is 11.0. The molecule has 0 aliphatic heterocycles. The monoisotopic (exact) mass is 258 g/mol. The molecule has 1 rings (SSSR count). The Kier molecular flexibility index (Phi) is 6.01. The first-order chi connectivity index (χ1) is 8.54. The van der Waals surface area contributed by atoms with Gasteiger partial charge in [-0.2, -0.15) is 0 Å². The van der Waals surface area contributed by atoms with E-state index in [2.05, 4.69) is 24.5 Å². The Morgan fingerprint density at radius 3 is 2.50 bits per heavy atom. The molecule has 0 amide bonds. The lowest BCUT2D eigenvalue weighted by atomic mass is 10.2. The van der Waals surface area contributed by atoms with Crippen molar-refractivity contribution in [3.8, 4) is 5.75 Å². The van der Waals surface area contributed by atoms with E-state index >= 15 is 0 Å². The summed E-state index contributed by atoms with van der Waals surface area (Å²) in [6.07, 6.45) is 0. The molecule has 0 heterocycles. The molecule has 0 fully saturated rings. The van der Waals surface area contributed by atoms with Crippen molar-refractivity contribution in [1.82, 2.24) is 10.6 Å². The number of hydrogen-bond acceptors (Lipinski definition) is 3. The number of hydrogen-bond donors (Lipinski definition) is 2. The third-order valence-corrected chi connectivity index (χ3v) is 2.49. The molecule has 0 atom stereocenters. The van der Waals surface area contributed by atoms with Crippen molar-refractivity contribution in [1.29, 1.82) is 0 Å². The highest BCUT2D eigenvalue weighted by atomic mass is 19.1. The van der Waals surface area contributed by atoms with Crippen LogP contribution in [-0.2, 0) is 6.54 Å². The molecule has 102 valence electrons. The summed E-state index contributed by atoms with van der Waals surface area (Å²) in [6.45, 7) is 5.90. The van der Waals surface area contributed by atoms with E-state index < -0.39 is 11.6 Å². The van der Waals surface area contributed by atoms with E-state index in [1.54, 1.807) is 0 Å². The second-order valence-electron chi connectivity index (χ2n) is 4.36. The molecule has 0 unspecified atom stereocenters. The molecular formula is C13H20F2N2O. The van der Waals surface area contributed by atoms with Crippen LogP contribution in [0.15, 0.2) is 12.1 Å². The fourth-order valence-corrected chi connectivity index (χ4v) is 1.53. The van der Waals surface area contributed by atoms with Gasteiger partial charge in [-0.3, -0.25) is 0 Å². The van der Waals surface area contributed by atoms with E-state index in [1.165, 1.54) is 7.11 Å². The van der Waals surface area contributed by atoms with Gasteiger partial charge < -0.3 is 15.4 Å².